The van der Waals surface area contributed by atoms with Crippen LogP contribution in [0.5, 0.6) is 11.5 Å². The lowest BCUT2D eigenvalue weighted by Crippen LogP contribution is -2.41. The third kappa shape index (κ3) is 8.51. The fourth-order valence-electron chi connectivity index (χ4n) is 2.38. The lowest BCUT2D eigenvalue weighted by atomic mass is 10.1. The Hall–Kier alpha value is -2.44. The minimum atomic E-state index is -0.402. The summed E-state index contributed by atoms with van der Waals surface area (Å²) >= 11 is 11.8. The first kappa shape index (κ1) is 23.8. The van der Waals surface area contributed by atoms with Crippen LogP contribution in [0.1, 0.15) is 43.5 Å². The van der Waals surface area contributed by atoms with Gasteiger partial charge in [-0.1, -0.05) is 37.0 Å². The highest BCUT2D eigenvalue weighted by Crippen LogP contribution is 2.27. The molecule has 0 unspecified atom stereocenters. The number of hydrogen-bond donors (Lipinski definition) is 2. The Morgan fingerprint density at radius 2 is 1.70 bits per heavy atom. The molecule has 0 bridgehead atoms. The van der Waals surface area contributed by atoms with Gasteiger partial charge in [-0.25, -0.2) is 0 Å². The van der Waals surface area contributed by atoms with Crippen molar-refractivity contribution in [2.75, 3.05) is 13.2 Å². The molecule has 0 saturated carbocycles. The van der Waals surface area contributed by atoms with E-state index in [2.05, 4.69) is 24.7 Å². The van der Waals surface area contributed by atoms with Gasteiger partial charge in [-0.05, 0) is 61.2 Å². The van der Waals surface area contributed by atoms with Crippen LogP contribution in [0.4, 0.5) is 0 Å². The van der Waals surface area contributed by atoms with E-state index in [1.807, 2.05) is 0 Å². The molecule has 0 atom stereocenters. The first-order valence-corrected chi connectivity index (χ1v) is 10.5. The predicted octanol–water partition coefficient (Wildman–Crippen LogP) is 5.04. The molecule has 2 N–H and O–H groups in total. The third-order valence-corrected chi connectivity index (χ3v) is 4.63. The van der Waals surface area contributed by atoms with Gasteiger partial charge in [-0.3, -0.25) is 20.4 Å². The van der Waals surface area contributed by atoms with Gasteiger partial charge < -0.3 is 9.47 Å². The smallest absolute Gasteiger partial charge is 0.269 e. The fraction of sp³-hybridized carbons (Fsp3) is 0.364. The molecule has 0 radical (unpaired) electrons. The number of ether oxygens (including phenoxy) is 2. The molecule has 30 heavy (non-hydrogen) atoms. The zero-order valence-electron chi connectivity index (χ0n) is 17.0. The van der Waals surface area contributed by atoms with E-state index in [0.29, 0.717) is 52.7 Å². The highest BCUT2D eigenvalue weighted by molar-refractivity contribution is 6.35. The van der Waals surface area contributed by atoms with E-state index in [1.54, 1.807) is 42.5 Å². The van der Waals surface area contributed by atoms with E-state index < -0.39 is 5.91 Å². The largest absolute Gasteiger partial charge is 0.494 e. The van der Waals surface area contributed by atoms with E-state index in [0.717, 1.165) is 6.42 Å². The molecule has 162 valence electrons. The zero-order chi connectivity index (χ0) is 21.9. The molecule has 8 heteroatoms. The van der Waals surface area contributed by atoms with Gasteiger partial charge >= 0.3 is 0 Å². The van der Waals surface area contributed by atoms with Crippen molar-refractivity contribution in [3.63, 3.8) is 0 Å². The molecule has 0 aliphatic heterocycles. The normalized spacial score (nSPS) is 10.6. The lowest BCUT2D eigenvalue weighted by molar-refractivity contribution is -0.122. The molecule has 0 fully saturated rings. The maximum absolute atomic E-state index is 12.1. The minimum Gasteiger partial charge on any atom is -0.494 e. The van der Waals surface area contributed by atoms with Gasteiger partial charge in [0.2, 0.25) is 5.91 Å². The summed E-state index contributed by atoms with van der Waals surface area (Å²) in [5.41, 5.74) is 5.21. The van der Waals surface area contributed by atoms with E-state index >= 15 is 0 Å². The highest BCUT2D eigenvalue weighted by atomic mass is 35.5. The van der Waals surface area contributed by atoms with E-state index in [1.165, 1.54) is 0 Å². The number of amides is 2. The van der Waals surface area contributed by atoms with Crippen LogP contribution in [-0.2, 0) is 4.79 Å². The van der Waals surface area contributed by atoms with E-state index in [-0.39, 0.29) is 12.3 Å². The Kier molecular flexibility index (Phi) is 9.77. The molecule has 2 amide bonds. The van der Waals surface area contributed by atoms with Gasteiger partial charge in [0.05, 0.1) is 18.2 Å². The molecule has 0 aliphatic carbocycles. The van der Waals surface area contributed by atoms with Crippen LogP contribution in [0.3, 0.4) is 0 Å². The second-order valence-corrected chi connectivity index (χ2v) is 7.93. The monoisotopic (exact) mass is 452 g/mol. The SMILES string of the molecule is CC(C)CCOc1ccc(C(=O)NNC(=O)CCCOc2ccc(Cl)cc2Cl)cc1. The van der Waals surface area contributed by atoms with E-state index in [9.17, 15) is 9.59 Å². The molecule has 0 heterocycles. The maximum Gasteiger partial charge on any atom is 0.269 e. The molecule has 2 rings (SSSR count). The molecule has 0 aliphatic rings. The summed E-state index contributed by atoms with van der Waals surface area (Å²) in [6.45, 7) is 5.20. The van der Waals surface area contributed by atoms with Gasteiger partial charge in [0.1, 0.15) is 11.5 Å². The Morgan fingerprint density at radius 3 is 2.37 bits per heavy atom. The number of hydrogen-bond acceptors (Lipinski definition) is 4. The summed E-state index contributed by atoms with van der Waals surface area (Å²) in [4.78, 5) is 24.0. The van der Waals surface area contributed by atoms with Gasteiger partial charge in [-0.15, -0.1) is 0 Å². The molecule has 2 aromatic rings. The summed E-state index contributed by atoms with van der Waals surface area (Å²) in [6.07, 6.45) is 1.61. The third-order valence-electron chi connectivity index (χ3n) is 4.10. The van der Waals surface area contributed by atoms with Crippen molar-refractivity contribution in [2.45, 2.75) is 33.1 Å². The van der Waals surface area contributed by atoms with Crippen molar-refractivity contribution in [2.24, 2.45) is 5.92 Å². The van der Waals surface area contributed by atoms with Crippen LogP contribution in [0.25, 0.3) is 0 Å². The number of carbonyl (C=O) groups is 2. The van der Waals surface area contributed by atoms with Gasteiger partial charge in [0.25, 0.3) is 5.91 Å². The van der Waals surface area contributed by atoms with Gasteiger partial charge in [0, 0.05) is 17.0 Å². The quantitative estimate of drug-likeness (QED) is 0.391. The average molecular weight is 453 g/mol. The summed E-state index contributed by atoms with van der Waals surface area (Å²) in [5.74, 6) is 1.06. The summed E-state index contributed by atoms with van der Waals surface area (Å²) in [5, 5.41) is 0.936. The Balaban J connectivity index is 1.65. The Bertz CT molecular complexity index is 842. The van der Waals surface area contributed by atoms with E-state index in [4.69, 9.17) is 32.7 Å². The molecule has 0 saturated heterocycles. The fourth-order valence-corrected chi connectivity index (χ4v) is 2.85. The number of carbonyl (C=O) groups excluding carboxylic acids is 2. The standard InChI is InChI=1S/C22H26Cl2N2O4/c1-15(2)11-13-29-18-8-5-16(6-9-18)22(28)26-25-21(27)4-3-12-30-20-10-7-17(23)14-19(20)24/h5-10,14-15H,3-4,11-13H2,1-2H3,(H,25,27)(H,26,28). The van der Waals surface area contributed by atoms with Crippen molar-refractivity contribution < 1.29 is 19.1 Å². The van der Waals surface area contributed by atoms with Crippen LogP contribution >= 0.6 is 23.2 Å². The van der Waals surface area contributed by atoms with Crippen LogP contribution in [0, 0.1) is 5.92 Å². The average Bonchev–Trinajstić information content (AvgIpc) is 2.71. The van der Waals surface area contributed by atoms with Crippen molar-refractivity contribution >= 4 is 35.0 Å². The number of nitrogens with one attached hydrogen (secondary N) is 2. The molecular weight excluding hydrogens is 427 g/mol. The molecular formula is C22H26Cl2N2O4. The summed E-state index contributed by atoms with van der Waals surface area (Å²) < 4.78 is 11.1. The Labute approximate surface area is 186 Å². The number of benzene rings is 2. The minimum absolute atomic E-state index is 0.189. The Morgan fingerprint density at radius 1 is 0.967 bits per heavy atom. The second-order valence-electron chi connectivity index (χ2n) is 7.08. The molecule has 0 aromatic heterocycles. The highest BCUT2D eigenvalue weighted by Gasteiger charge is 2.08. The molecule has 2 aromatic carbocycles. The second kappa shape index (κ2) is 12.3. The van der Waals surface area contributed by atoms with Crippen LogP contribution in [0.15, 0.2) is 42.5 Å². The van der Waals surface area contributed by atoms with Crippen molar-refractivity contribution in [3.8, 4) is 11.5 Å². The first-order valence-electron chi connectivity index (χ1n) is 9.75. The maximum atomic E-state index is 12.1. The topological polar surface area (TPSA) is 76.7 Å². The zero-order valence-corrected chi connectivity index (χ0v) is 18.6. The van der Waals surface area contributed by atoms with Crippen LogP contribution in [0.2, 0.25) is 10.0 Å². The number of hydrazine groups is 1. The predicted molar refractivity (Wildman–Crippen MR) is 118 cm³/mol. The first-order chi connectivity index (χ1) is 14.3. The summed E-state index contributed by atoms with van der Waals surface area (Å²) in [7, 11) is 0. The van der Waals surface area contributed by atoms with Crippen LogP contribution < -0.4 is 20.3 Å². The molecule has 0 spiro atoms. The van der Waals surface area contributed by atoms with Gasteiger partial charge in [0.15, 0.2) is 0 Å². The van der Waals surface area contributed by atoms with Crippen molar-refractivity contribution in [1.29, 1.82) is 0 Å². The lowest BCUT2D eigenvalue weighted by Gasteiger charge is -2.10. The van der Waals surface area contributed by atoms with Crippen molar-refractivity contribution in [1.82, 2.24) is 10.9 Å². The van der Waals surface area contributed by atoms with Gasteiger partial charge in [-0.2, -0.15) is 0 Å². The summed E-state index contributed by atoms with van der Waals surface area (Å²) in [6, 6.07) is 11.7. The number of rotatable bonds is 10. The van der Waals surface area contributed by atoms with Crippen LogP contribution in [-0.4, -0.2) is 25.0 Å². The van der Waals surface area contributed by atoms with Crippen molar-refractivity contribution in [3.05, 3.63) is 58.1 Å². The number of halogens is 2. The molecule has 6 nitrogen and oxygen atoms in total.